The highest BCUT2D eigenvalue weighted by molar-refractivity contribution is 5.91. The Bertz CT molecular complexity index is 528. The summed E-state index contributed by atoms with van der Waals surface area (Å²) in [7, 11) is 0. The number of carbonyl (C=O) groups is 1. The minimum Gasteiger partial charge on any atom is -0.369 e. The van der Waals surface area contributed by atoms with Crippen LogP contribution < -0.4 is 0 Å². The van der Waals surface area contributed by atoms with E-state index in [4.69, 9.17) is 4.74 Å². The van der Waals surface area contributed by atoms with Crippen molar-refractivity contribution in [3.8, 4) is 0 Å². The second-order valence-corrected chi connectivity index (χ2v) is 7.08. The molecule has 102 valence electrons. The van der Waals surface area contributed by atoms with E-state index in [0.29, 0.717) is 5.78 Å². The second-order valence-electron chi connectivity index (χ2n) is 7.08. The Labute approximate surface area is 115 Å². The Morgan fingerprint density at radius 2 is 1.89 bits per heavy atom. The summed E-state index contributed by atoms with van der Waals surface area (Å²) in [5.41, 5.74) is 2.03. The first-order valence-corrected chi connectivity index (χ1v) is 7.12. The Morgan fingerprint density at radius 1 is 1.21 bits per heavy atom. The quantitative estimate of drug-likeness (QED) is 0.811. The van der Waals surface area contributed by atoms with Gasteiger partial charge in [-0.05, 0) is 51.7 Å². The molecular formula is C17H22O2. The molecule has 0 amide bonds. The van der Waals surface area contributed by atoms with Crippen LogP contribution in [0.4, 0.5) is 0 Å². The third-order valence-electron chi connectivity index (χ3n) is 4.62. The van der Waals surface area contributed by atoms with E-state index in [0.717, 1.165) is 12.8 Å². The lowest BCUT2D eigenvalue weighted by Crippen LogP contribution is -2.39. The summed E-state index contributed by atoms with van der Waals surface area (Å²) >= 11 is 0. The van der Waals surface area contributed by atoms with Gasteiger partial charge >= 0.3 is 0 Å². The zero-order chi connectivity index (χ0) is 13.8. The standard InChI is InChI=1S/C17H22O2/c1-16(2)10-14(17(3,4)19-16)15(18)13-9-11-7-5-6-8-12(11)13/h5-8,13-14H,9-10H2,1-4H3. The average Bonchev–Trinajstić information content (AvgIpc) is 2.48. The van der Waals surface area contributed by atoms with Gasteiger partial charge in [0.25, 0.3) is 0 Å². The van der Waals surface area contributed by atoms with Gasteiger partial charge < -0.3 is 4.74 Å². The van der Waals surface area contributed by atoms with Gasteiger partial charge in [-0.15, -0.1) is 0 Å². The van der Waals surface area contributed by atoms with E-state index in [1.165, 1.54) is 11.1 Å². The maximum atomic E-state index is 12.8. The van der Waals surface area contributed by atoms with Gasteiger partial charge in [0.05, 0.1) is 11.2 Å². The van der Waals surface area contributed by atoms with Crippen LogP contribution in [0.5, 0.6) is 0 Å². The maximum Gasteiger partial charge on any atom is 0.146 e. The number of benzene rings is 1. The van der Waals surface area contributed by atoms with E-state index in [9.17, 15) is 4.79 Å². The van der Waals surface area contributed by atoms with E-state index >= 15 is 0 Å². The zero-order valence-electron chi connectivity index (χ0n) is 12.2. The smallest absolute Gasteiger partial charge is 0.146 e. The molecule has 2 nitrogen and oxygen atoms in total. The lowest BCUT2D eigenvalue weighted by Gasteiger charge is -2.34. The Morgan fingerprint density at radius 3 is 2.47 bits per heavy atom. The van der Waals surface area contributed by atoms with Crippen molar-refractivity contribution in [3.63, 3.8) is 0 Å². The second kappa shape index (κ2) is 3.92. The molecule has 0 radical (unpaired) electrons. The fraction of sp³-hybridized carbons (Fsp3) is 0.588. The molecule has 0 saturated carbocycles. The number of Topliss-reactive ketones (excluding diaryl/α,β-unsaturated/α-hetero) is 1. The Balaban J connectivity index is 1.83. The lowest BCUT2D eigenvalue weighted by molar-refractivity contribution is -0.131. The van der Waals surface area contributed by atoms with Crippen molar-refractivity contribution in [2.45, 2.75) is 57.7 Å². The lowest BCUT2D eigenvalue weighted by atomic mass is 9.69. The molecule has 3 rings (SSSR count). The van der Waals surface area contributed by atoms with Gasteiger partial charge in [0.15, 0.2) is 0 Å². The molecule has 1 fully saturated rings. The fourth-order valence-corrected chi connectivity index (χ4v) is 3.76. The van der Waals surface area contributed by atoms with Gasteiger partial charge in [0, 0.05) is 11.8 Å². The molecule has 0 spiro atoms. The molecule has 2 unspecified atom stereocenters. The maximum absolute atomic E-state index is 12.8. The number of ketones is 1. The molecule has 0 N–H and O–H groups in total. The summed E-state index contributed by atoms with van der Waals surface area (Å²) < 4.78 is 6.06. The molecule has 2 heteroatoms. The van der Waals surface area contributed by atoms with E-state index in [2.05, 4.69) is 39.8 Å². The summed E-state index contributed by atoms with van der Waals surface area (Å²) in [4.78, 5) is 12.8. The van der Waals surface area contributed by atoms with Crippen LogP contribution in [0.3, 0.4) is 0 Å². The van der Waals surface area contributed by atoms with Crippen LogP contribution in [-0.2, 0) is 16.0 Å². The van der Waals surface area contributed by atoms with E-state index < -0.39 is 0 Å². The highest BCUT2D eigenvalue weighted by Crippen LogP contribution is 2.47. The molecule has 0 bridgehead atoms. The molecule has 1 aliphatic carbocycles. The first-order valence-electron chi connectivity index (χ1n) is 7.12. The molecular weight excluding hydrogens is 236 g/mol. The summed E-state index contributed by atoms with van der Waals surface area (Å²) in [6, 6.07) is 8.29. The van der Waals surface area contributed by atoms with Gasteiger partial charge in [-0.2, -0.15) is 0 Å². The molecule has 2 aliphatic rings. The minimum absolute atomic E-state index is 0.0147. The predicted molar refractivity (Wildman–Crippen MR) is 75.2 cm³/mol. The largest absolute Gasteiger partial charge is 0.369 e. The Kier molecular flexibility index (Phi) is 2.66. The third-order valence-corrected chi connectivity index (χ3v) is 4.62. The Hall–Kier alpha value is -1.15. The van der Waals surface area contributed by atoms with Crippen molar-refractivity contribution in [1.29, 1.82) is 0 Å². The van der Waals surface area contributed by atoms with Crippen LogP contribution in [-0.4, -0.2) is 17.0 Å². The molecule has 1 aromatic carbocycles. The van der Waals surface area contributed by atoms with Crippen LogP contribution >= 0.6 is 0 Å². The summed E-state index contributed by atoms with van der Waals surface area (Å²) in [6.07, 6.45) is 1.74. The van der Waals surface area contributed by atoms with Gasteiger partial charge in [-0.25, -0.2) is 0 Å². The van der Waals surface area contributed by atoms with Crippen LogP contribution in [0.25, 0.3) is 0 Å². The molecule has 2 atom stereocenters. The average molecular weight is 258 g/mol. The van der Waals surface area contributed by atoms with Crippen molar-refractivity contribution in [2.75, 3.05) is 0 Å². The van der Waals surface area contributed by atoms with Crippen LogP contribution in [0, 0.1) is 5.92 Å². The van der Waals surface area contributed by atoms with Gasteiger partial charge in [0.2, 0.25) is 0 Å². The molecule has 1 aromatic rings. The predicted octanol–water partition coefficient (Wildman–Crippen LogP) is 3.49. The van der Waals surface area contributed by atoms with Crippen molar-refractivity contribution in [1.82, 2.24) is 0 Å². The highest BCUT2D eigenvalue weighted by Gasteiger charge is 2.51. The van der Waals surface area contributed by atoms with Crippen LogP contribution in [0.1, 0.15) is 51.2 Å². The number of hydrogen-bond acceptors (Lipinski definition) is 2. The van der Waals surface area contributed by atoms with E-state index in [-0.39, 0.29) is 23.0 Å². The van der Waals surface area contributed by atoms with Crippen molar-refractivity contribution in [2.24, 2.45) is 5.92 Å². The molecule has 0 aromatic heterocycles. The topological polar surface area (TPSA) is 26.3 Å². The number of ether oxygens (including phenoxy) is 1. The minimum atomic E-state index is -0.342. The normalized spacial score (nSPS) is 30.5. The molecule has 19 heavy (non-hydrogen) atoms. The van der Waals surface area contributed by atoms with E-state index in [1.807, 2.05) is 12.1 Å². The third kappa shape index (κ3) is 2.02. The molecule has 1 saturated heterocycles. The monoisotopic (exact) mass is 258 g/mol. The molecule has 1 heterocycles. The number of rotatable bonds is 2. The summed E-state index contributed by atoms with van der Waals surface area (Å²) in [5.74, 6) is 0.480. The SMILES string of the molecule is CC1(C)CC(C(=O)C2Cc3ccccc32)C(C)(C)O1. The van der Waals surface area contributed by atoms with Crippen LogP contribution in [0.2, 0.25) is 0 Å². The number of fused-ring (bicyclic) bond motifs is 1. The number of hydrogen-bond donors (Lipinski definition) is 0. The van der Waals surface area contributed by atoms with Gasteiger partial charge in [-0.1, -0.05) is 24.3 Å². The van der Waals surface area contributed by atoms with Crippen LogP contribution in [0.15, 0.2) is 24.3 Å². The number of carbonyl (C=O) groups excluding carboxylic acids is 1. The van der Waals surface area contributed by atoms with E-state index in [1.54, 1.807) is 0 Å². The zero-order valence-corrected chi connectivity index (χ0v) is 12.2. The molecule has 1 aliphatic heterocycles. The fourth-order valence-electron chi connectivity index (χ4n) is 3.76. The van der Waals surface area contributed by atoms with Crippen molar-refractivity contribution < 1.29 is 9.53 Å². The first-order chi connectivity index (χ1) is 8.80. The van der Waals surface area contributed by atoms with Gasteiger partial charge in [0.1, 0.15) is 5.78 Å². The summed E-state index contributed by atoms with van der Waals surface area (Å²) in [6.45, 7) is 8.26. The van der Waals surface area contributed by atoms with Crippen molar-refractivity contribution in [3.05, 3.63) is 35.4 Å². The van der Waals surface area contributed by atoms with Gasteiger partial charge in [-0.3, -0.25) is 4.79 Å². The summed E-state index contributed by atoms with van der Waals surface area (Å²) in [5, 5.41) is 0. The highest BCUT2D eigenvalue weighted by atomic mass is 16.5. The van der Waals surface area contributed by atoms with Crippen molar-refractivity contribution >= 4 is 5.78 Å². The first kappa shape index (κ1) is 12.9.